The van der Waals surface area contributed by atoms with Crippen LogP contribution < -0.4 is 9.47 Å². The predicted octanol–water partition coefficient (Wildman–Crippen LogP) is 2.00. The van der Waals surface area contributed by atoms with E-state index in [1.165, 1.54) is 0 Å². The first kappa shape index (κ1) is 12.8. The normalized spacial score (nSPS) is 10.2. The molecule has 0 aliphatic heterocycles. The summed E-state index contributed by atoms with van der Waals surface area (Å²) in [5, 5.41) is 0. The van der Waals surface area contributed by atoms with E-state index in [2.05, 4.69) is 0 Å². The Hall–Kier alpha value is -1.26. The molecule has 1 rings (SSSR count). The first-order valence-corrected chi connectivity index (χ1v) is 5.12. The van der Waals surface area contributed by atoms with Crippen LogP contribution in [-0.2, 0) is 9.47 Å². The minimum Gasteiger partial charge on any atom is -0.493 e. The number of hydrogen-bond donors (Lipinski definition) is 0. The largest absolute Gasteiger partial charge is 0.493 e. The lowest BCUT2D eigenvalue weighted by molar-refractivity contribution is -0.00946. The summed E-state index contributed by atoms with van der Waals surface area (Å²) in [6, 6.07) is 5.76. The smallest absolute Gasteiger partial charge is 0.189 e. The lowest BCUT2D eigenvalue weighted by atomic mass is 10.2. The van der Waals surface area contributed by atoms with Crippen LogP contribution in [0.25, 0.3) is 0 Å². The minimum absolute atomic E-state index is 0.198. The molecule has 0 unspecified atom stereocenters. The molecular formula is C12H18O4. The second-order valence-corrected chi connectivity index (χ2v) is 3.32. The molecule has 0 heterocycles. The Balaban J connectivity index is 2.42. The minimum atomic E-state index is 0.198. The van der Waals surface area contributed by atoms with Gasteiger partial charge in [0.25, 0.3) is 0 Å². The highest BCUT2D eigenvalue weighted by atomic mass is 16.7. The third kappa shape index (κ3) is 4.08. The van der Waals surface area contributed by atoms with Crippen LogP contribution in [0.5, 0.6) is 11.5 Å². The maximum absolute atomic E-state index is 5.45. The molecule has 0 N–H and O–H groups in total. The Morgan fingerprint density at radius 3 is 2.56 bits per heavy atom. The lowest BCUT2D eigenvalue weighted by Gasteiger charge is -2.11. The molecule has 16 heavy (non-hydrogen) atoms. The third-order valence-corrected chi connectivity index (χ3v) is 2.05. The van der Waals surface area contributed by atoms with Crippen LogP contribution in [-0.4, -0.2) is 34.2 Å². The van der Waals surface area contributed by atoms with Crippen molar-refractivity contribution in [3.05, 3.63) is 23.8 Å². The molecule has 0 saturated heterocycles. The lowest BCUT2D eigenvalue weighted by Crippen LogP contribution is -2.08. The molecule has 4 heteroatoms. The number of methoxy groups -OCH3 is 2. The number of benzene rings is 1. The van der Waals surface area contributed by atoms with Gasteiger partial charge in [-0.25, -0.2) is 0 Å². The molecule has 90 valence electrons. The standard InChI is InChI=1S/C12H18O4/c1-10-4-5-11(14-3)12(8-10)16-9-15-7-6-13-2/h4-5,8H,6-7,9H2,1-3H3. The second-order valence-electron chi connectivity index (χ2n) is 3.32. The van der Waals surface area contributed by atoms with Crippen molar-refractivity contribution < 1.29 is 18.9 Å². The van der Waals surface area contributed by atoms with E-state index in [1.54, 1.807) is 14.2 Å². The van der Waals surface area contributed by atoms with Crippen LogP contribution in [0.2, 0.25) is 0 Å². The molecule has 0 saturated carbocycles. The summed E-state index contributed by atoms with van der Waals surface area (Å²) in [5.74, 6) is 1.40. The maximum Gasteiger partial charge on any atom is 0.189 e. The van der Waals surface area contributed by atoms with Crippen molar-refractivity contribution >= 4 is 0 Å². The van der Waals surface area contributed by atoms with Gasteiger partial charge in [0.05, 0.1) is 20.3 Å². The van der Waals surface area contributed by atoms with Gasteiger partial charge >= 0.3 is 0 Å². The zero-order chi connectivity index (χ0) is 11.8. The Bertz CT molecular complexity index is 312. The summed E-state index contributed by atoms with van der Waals surface area (Å²) in [4.78, 5) is 0. The second kappa shape index (κ2) is 7.09. The molecule has 0 atom stereocenters. The monoisotopic (exact) mass is 226 g/mol. The van der Waals surface area contributed by atoms with Gasteiger partial charge < -0.3 is 18.9 Å². The summed E-state index contributed by atoms with van der Waals surface area (Å²) in [6.45, 7) is 3.28. The summed E-state index contributed by atoms with van der Waals surface area (Å²) in [5.41, 5.74) is 1.12. The van der Waals surface area contributed by atoms with E-state index in [9.17, 15) is 0 Å². The van der Waals surface area contributed by atoms with Gasteiger partial charge in [0.1, 0.15) is 0 Å². The average molecular weight is 226 g/mol. The quantitative estimate of drug-likeness (QED) is 0.526. The van der Waals surface area contributed by atoms with E-state index < -0.39 is 0 Å². The van der Waals surface area contributed by atoms with Crippen molar-refractivity contribution in [1.29, 1.82) is 0 Å². The van der Waals surface area contributed by atoms with Gasteiger partial charge in [0.15, 0.2) is 18.3 Å². The first-order chi connectivity index (χ1) is 7.77. The topological polar surface area (TPSA) is 36.9 Å². The highest BCUT2D eigenvalue weighted by Crippen LogP contribution is 2.27. The van der Waals surface area contributed by atoms with Gasteiger partial charge in [0.2, 0.25) is 0 Å². The molecule has 0 bridgehead atoms. The van der Waals surface area contributed by atoms with E-state index in [-0.39, 0.29) is 6.79 Å². The van der Waals surface area contributed by atoms with E-state index >= 15 is 0 Å². The van der Waals surface area contributed by atoms with Crippen LogP contribution in [0.15, 0.2) is 18.2 Å². The fourth-order valence-electron chi connectivity index (χ4n) is 1.20. The van der Waals surface area contributed by atoms with Crippen molar-refractivity contribution in [3.8, 4) is 11.5 Å². The predicted molar refractivity (Wildman–Crippen MR) is 61.1 cm³/mol. The van der Waals surface area contributed by atoms with Crippen LogP contribution in [0, 0.1) is 6.92 Å². The highest BCUT2D eigenvalue weighted by Gasteiger charge is 2.03. The fraction of sp³-hybridized carbons (Fsp3) is 0.500. The molecule has 1 aromatic carbocycles. The molecule has 0 fully saturated rings. The molecule has 0 spiro atoms. The first-order valence-electron chi connectivity index (χ1n) is 5.12. The van der Waals surface area contributed by atoms with Gasteiger partial charge in [-0.05, 0) is 24.6 Å². The van der Waals surface area contributed by atoms with Crippen molar-refractivity contribution in [1.82, 2.24) is 0 Å². The SMILES string of the molecule is COCCOCOc1cc(C)ccc1OC. The van der Waals surface area contributed by atoms with Crippen molar-refractivity contribution in [3.63, 3.8) is 0 Å². The summed E-state index contributed by atoms with van der Waals surface area (Å²) < 4.78 is 20.7. The number of hydrogen-bond acceptors (Lipinski definition) is 4. The van der Waals surface area contributed by atoms with Crippen LogP contribution >= 0.6 is 0 Å². The van der Waals surface area contributed by atoms with E-state index in [0.717, 1.165) is 5.56 Å². The summed E-state index contributed by atoms with van der Waals surface area (Å²) >= 11 is 0. The van der Waals surface area contributed by atoms with E-state index in [1.807, 2.05) is 25.1 Å². The summed E-state index contributed by atoms with van der Waals surface area (Å²) in [6.07, 6.45) is 0. The molecule has 4 nitrogen and oxygen atoms in total. The number of aryl methyl sites for hydroxylation is 1. The highest BCUT2D eigenvalue weighted by molar-refractivity contribution is 5.42. The Morgan fingerprint density at radius 1 is 1.06 bits per heavy atom. The van der Waals surface area contributed by atoms with Gasteiger partial charge in [-0.3, -0.25) is 0 Å². The van der Waals surface area contributed by atoms with Gasteiger partial charge in [-0.1, -0.05) is 6.07 Å². The van der Waals surface area contributed by atoms with Crippen molar-refractivity contribution in [2.45, 2.75) is 6.92 Å². The molecule has 0 aliphatic carbocycles. The zero-order valence-electron chi connectivity index (χ0n) is 9.99. The maximum atomic E-state index is 5.45. The molecule has 1 aromatic rings. The molecule has 0 aromatic heterocycles. The molecule has 0 radical (unpaired) electrons. The molecular weight excluding hydrogens is 208 g/mol. The zero-order valence-corrected chi connectivity index (χ0v) is 9.99. The van der Waals surface area contributed by atoms with E-state index in [0.29, 0.717) is 24.7 Å². The fourth-order valence-corrected chi connectivity index (χ4v) is 1.20. The average Bonchev–Trinajstić information content (AvgIpc) is 2.29. The number of rotatable bonds is 7. The van der Waals surface area contributed by atoms with Crippen molar-refractivity contribution in [2.75, 3.05) is 34.2 Å². The van der Waals surface area contributed by atoms with Crippen LogP contribution in [0.4, 0.5) is 0 Å². The molecule has 0 aliphatic rings. The third-order valence-electron chi connectivity index (χ3n) is 2.05. The Morgan fingerprint density at radius 2 is 1.88 bits per heavy atom. The van der Waals surface area contributed by atoms with Gasteiger partial charge in [-0.15, -0.1) is 0 Å². The Kier molecular flexibility index (Phi) is 5.67. The number of ether oxygens (including phenoxy) is 4. The van der Waals surface area contributed by atoms with Crippen LogP contribution in [0.3, 0.4) is 0 Å². The Labute approximate surface area is 96.1 Å². The van der Waals surface area contributed by atoms with Gasteiger partial charge in [-0.2, -0.15) is 0 Å². The van der Waals surface area contributed by atoms with Gasteiger partial charge in [0, 0.05) is 7.11 Å². The molecule has 0 amide bonds. The van der Waals surface area contributed by atoms with E-state index in [4.69, 9.17) is 18.9 Å². The van der Waals surface area contributed by atoms with Crippen molar-refractivity contribution in [2.24, 2.45) is 0 Å². The van der Waals surface area contributed by atoms with Crippen LogP contribution in [0.1, 0.15) is 5.56 Å². The summed E-state index contributed by atoms with van der Waals surface area (Å²) in [7, 11) is 3.25.